The highest BCUT2D eigenvalue weighted by Gasteiger charge is 2.20. The lowest BCUT2D eigenvalue weighted by atomic mass is 10.1. The number of aromatic nitrogens is 2. The summed E-state index contributed by atoms with van der Waals surface area (Å²) in [4.78, 5) is 7.25. The van der Waals surface area contributed by atoms with E-state index in [1.165, 1.54) is 18.4 Å². The average Bonchev–Trinajstić information content (AvgIpc) is 3.10. The molecule has 1 aromatic heterocycles. The molecule has 0 saturated carbocycles. The van der Waals surface area contributed by atoms with Crippen LogP contribution in [-0.2, 0) is 29.7 Å². The number of imidazole rings is 1. The van der Waals surface area contributed by atoms with Crippen LogP contribution in [0, 0.1) is 11.3 Å². The Morgan fingerprint density at radius 1 is 1.19 bits per heavy atom. The molecular formula is C24H29N5O2S. The standard InChI is InChI=1S/C24H29N5O2S/c1-5-12-28(17-20-9-7-8-19(14-20)16-25)18-24-26-22-15-21(32(30,31)27(3)4)10-11-23(22)29(24)13-6-2/h5,7-11,14-15H,1,6,12-13,17-18H2,2-4H3. The summed E-state index contributed by atoms with van der Waals surface area (Å²) in [6, 6.07) is 14.9. The quantitative estimate of drug-likeness (QED) is 0.439. The molecule has 0 amide bonds. The molecule has 0 fully saturated rings. The average molecular weight is 452 g/mol. The largest absolute Gasteiger partial charge is 0.327 e. The topological polar surface area (TPSA) is 82.2 Å². The van der Waals surface area contributed by atoms with E-state index in [4.69, 9.17) is 4.98 Å². The van der Waals surface area contributed by atoms with Gasteiger partial charge in [0.15, 0.2) is 0 Å². The summed E-state index contributed by atoms with van der Waals surface area (Å²) in [5.41, 5.74) is 3.27. The predicted octanol–water partition coefficient (Wildman–Crippen LogP) is 3.76. The molecular weight excluding hydrogens is 422 g/mol. The van der Waals surface area contributed by atoms with Crippen molar-refractivity contribution in [3.05, 3.63) is 72.1 Å². The highest BCUT2D eigenvalue weighted by atomic mass is 32.2. The maximum atomic E-state index is 12.6. The van der Waals surface area contributed by atoms with Crippen molar-refractivity contribution in [3.63, 3.8) is 0 Å². The van der Waals surface area contributed by atoms with Crippen molar-refractivity contribution in [1.82, 2.24) is 18.8 Å². The first-order valence-electron chi connectivity index (χ1n) is 10.5. The second kappa shape index (κ2) is 10.1. The van der Waals surface area contributed by atoms with Gasteiger partial charge >= 0.3 is 0 Å². The van der Waals surface area contributed by atoms with Gasteiger partial charge in [-0.05, 0) is 42.3 Å². The van der Waals surface area contributed by atoms with Crippen LogP contribution in [0.1, 0.15) is 30.3 Å². The third kappa shape index (κ3) is 5.07. The van der Waals surface area contributed by atoms with Gasteiger partial charge in [0.25, 0.3) is 0 Å². The van der Waals surface area contributed by atoms with Crippen molar-refractivity contribution in [2.75, 3.05) is 20.6 Å². The predicted molar refractivity (Wildman–Crippen MR) is 126 cm³/mol. The van der Waals surface area contributed by atoms with E-state index in [9.17, 15) is 13.7 Å². The van der Waals surface area contributed by atoms with Gasteiger partial charge in [0.2, 0.25) is 10.0 Å². The Morgan fingerprint density at radius 2 is 1.97 bits per heavy atom. The van der Waals surface area contributed by atoms with E-state index in [-0.39, 0.29) is 4.90 Å². The molecule has 0 aliphatic rings. The molecule has 0 spiro atoms. The number of hydrogen-bond acceptors (Lipinski definition) is 5. The van der Waals surface area contributed by atoms with Crippen LogP contribution in [0.25, 0.3) is 11.0 Å². The molecule has 0 N–H and O–H groups in total. The number of hydrogen-bond donors (Lipinski definition) is 0. The first-order valence-corrected chi connectivity index (χ1v) is 12.0. The fourth-order valence-corrected chi connectivity index (χ4v) is 4.61. The molecule has 0 atom stereocenters. The molecule has 0 saturated heterocycles. The summed E-state index contributed by atoms with van der Waals surface area (Å²) in [5, 5.41) is 9.19. The van der Waals surface area contributed by atoms with Crippen LogP contribution in [0.5, 0.6) is 0 Å². The van der Waals surface area contributed by atoms with Crippen LogP contribution in [0.3, 0.4) is 0 Å². The molecule has 0 aliphatic heterocycles. The van der Waals surface area contributed by atoms with E-state index in [0.29, 0.717) is 30.7 Å². The van der Waals surface area contributed by atoms with Crippen molar-refractivity contribution in [3.8, 4) is 6.07 Å². The molecule has 3 aromatic rings. The number of sulfonamides is 1. The van der Waals surface area contributed by atoms with E-state index >= 15 is 0 Å². The van der Waals surface area contributed by atoms with Gasteiger partial charge in [0.05, 0.1) is 34.1 Å². The molecule has 8 heteroatoms. The Balaban J connectivity index is 1.98. The van der Waals surface area contributed by atoms with Crippen LogP contribution in [0.2, 0.25) is 0 Å². The van der Waals surface area contributed by atoms with Gasteiger partial charge in [-0.3, -0.25) is 4.90 Å². The van der Waals surface area contributed by atoms with E-state index in [0.717, 1.165) is 29.9 Å². The summed E-state index contributed by atoms with van der Waals surface area (Å²) >= 11 is 0. The maximum Gasteiger partial charge on any atom is 0.242 e. The van der Waals surface area contributed by atoms with Crippen LogP contribution >= 0.6 is 0 Å². The third-order valence-corrected chi connectivity index (χ3v) is 7.05. The molecule has 0 unspecified atom stereocenters. The lowest BCUT2D eigenvalue weighted by Gasteiger charge is -2.21. The van der Waals surface area contributed by atoms with Gasteiger partial charge in [-0.25, -0.2) is 17.7 Å². The van der Waals surface area contributed by atoms with Crippen molar-refractivity contribution >= 4 is 21.1 Å². The molecule has 3 rings (SSSR count). The van der Waals surface area contributed by atoms with Crippen molar-refractivity contribution < 1.29 is 8.42 Å². The Morgan fingerprint density at radius 3 is 2.62 bits per heavy atom. The lowest BCUT2D eigenvalue weighted by molar-refractivity contribution is 0.274. The highest BCUT2D eigenvalue weighted by Crippen LogP contribution is 2.23. The monoisotopic (exact) mass is 451 g/mol. The number of nitrogens with zero attached hydrogens (tertiary/aromatic N) is 5. The Hall–Kier alpha value is -2.99. The van der Waals surface area contributed by atoms with Crippen LogP contribution in [0.4, 0.5) is 0 Å². The zero-order valence-corrected chi connectivity index (χ0v) is 19.6. The summed E-state index contributed by atoms with van der Waals surface area (Å²) < 4.78 is 28.5. The molecule has 1 heterocycles. The molecule has 0 aliphatic carbocycles. The van der Waals surface area contributed by atoms with Gasteiger partial charge in [-0.15, -0.1) is 6.58 Å². The fourth-order valence-electron chi connectivity index (χ4n) is 3.69. The summed E-state index contributed by atoms with van der Waals surface area (Å²) in [6.45, 7) is 8.66. The van der Waals surface area contributed by atoms with E-state index in [2.05, 4.69) is 29.0 Å². The number of nitriles is 1. The molecule has 168 valence electrons. The van der Waals surface area contributed by atoms with Crippen LogP contribution < -0.4 is 0 Å². The number of benzene rings is 2. The van der Waals surface area contributed by atoms with E-state index < -0.39 is 10.0 Å². The van der Waals surface area contributed by atoms with Crippen molar-refractivity contribution in [2.24, 2.45) is 0 Å². The molecule has 0 bridgehead atoms. The number of fused-ring (bicyclic) bond motifs is 1. The van der Waals surface area contributed by atoms with Crippen LogP contribution in [-0.4, -0.2) is 47.8 Å². The Labute approximate surface area is 190 Å². The minimum absolute atomic E-state index is 0.235. The fraction of sp³-hybridized carbons (Fsp3) is 0.333. The first-order chi connectivity index (χ1) is 15.3. The Bertz CT molecular complexity index is 1260. The summed E-state index contributed by atoms with van der Waals surface area (Å²) in [5.74, 6) is 0.875. The zero-order chi connectivity index (χ0) is 23.3. The lowest BCUT2D eigenvalue weighted by Crippen LogP contribution is -2.25. The molecule has 32 heavy (non-hydrogen) atoms. The highest BCUT2D eigenvalue weighted by molar-refractivity contribution is 7.89. The maximum absolute atomic E-state index is 12.6. The Kier molecular flexibility index (Phi) is 7.46. The van der Waals surface area contributed by atoms with Crippen molar-refractivity contribution in [2.45, 2.75) is 37.9 Å². The third-order valence-electron chi connectivity index (χ3n) is 5.24. The van der Waals surface area contributed by atoms with Gasteiger partial charge in [0.1, 0.15) is 5.82 Å². The normalized spacial score (nSPS) is 11.9. The number of aryl methyl sites for hydroxylation is 1. The summed E-state index contributed by atoms with van der Waals surface area (Å²) in [7, 11) is -0.483. The summed E-state index contributed by atoms with van der Waals surface area (Å²) in [6.07, 6.45) is 2.78. The second-order valence-electron chi connectivity index (χ2n) is 7.89. The minimum atomic E-state index is -3.53. The van der Waals surface area contributed by atoms with E-state index in [1.807, 2.05) is 30.3 Å². The SMILES string of the molecule is C=CCN(Cc1cccc(C#N)c1)Cc1nc2cc(S(=O)(=O)N(C)C)ccc2n1CCC. The molecule has 2 aromatic carbocycles. The van der Waals surface area contributed by atoms with Gasteiger partial charge in [-0.1, -0.05) is 25.1 Å². The number of rotatable bonds is 10. The molecule has 0 radical (unpaired) electrons. The van der Waals surface area contributed by atoms with Crippen molar-refractivity contribution in [1.29, 1.82) is 5.26 Å². The van der Waals surface area contributed by atoms with E-state index in [1.54, 1.807) is 18.2 Å². The van der Waals surface area contributed by atoms with Gasteiger partial charge in [-0.2, -0.15) is 5.26 Å². The smallest absolute Gasteiger partial charge is 0.242 e. The van der Waals surface area contributed by atoms with Gasteiger partial charge in [0, 0.05) is 33.7 Å². The first kappa shape index (κ1) is 23.7. The second-order valence-corrected chi connectivity index (χ2v) is 10.0. The van der Waals surface area contributed by atoms with Crippen LogP contribution in [0.15, 0.2) is 60.0 Å². The van der Waals surface area contributed by atoms with Gasteiger partial charge < -0.3 is 4.57 Å². The zero-order valence-electron chi connectivity index (χ0n) is 18.8. The molecule has 7 nitrogen and oxygen atoms in total. The minimum Gasteiger partial charge on any atom is -0.327 e.